The van der Waals surface area contributed by atoms with Crippen molar-refractivity contribution < 1.29 is 9.53 Å². The predicted octanol–water partition coefficient (Wildman–Crippen LogP) is 2.37. The molecule has 4 rings (SSSR count). The Morgan fingerprint density at radius 1 is 1.27 bits per heavy atom. The van der Waals surface area contributed by atoms with E-state index in [-0.39, 0.29) is 11.5 Å². The van der Waals surface area contributed by atoms with E-state index in [4.69, 9.17) is 4.74 Å². The molecule has 3 heterocycles. The van der Waals surface area contributed by atoms with Crippen molar-refractivity contribution in [2.45, 2.75) is 19.9 Å². The van der Waals surface area contributed by atoms with Crippen LogP contribution in [0, 0.1) is 12.8 Å². The molecule has 1 fully saturated rings. The molecule has 1 saturated heterocycles. The highest BCUT2D eigenvalue weighted by Gasteiger charge is 2.20. The van der Waals surface area contributed by atoms with Crippen LogP contribution in [0.15, 0.2) is 53.6 Å². The molecule has 3 aromatic rings. The summed E-state index contributed by atoms with van der Waals surface area (Å²) in [6.07, 6.45) is 4.51. The van der Waals surface area contributed by atoms with Gasteiger partial charge in [-0.3, -0.25) is 9.59 Å². The Morgan fingerprint density at radius 2 is 2.07 bits per heavy atom. The minimum Gasteiger partial charge on any atom is -0.381 e. The lowest BCUT2D eigenvalue weighted by molar-refractivity contribution is 0.0940. The van der Waals surface area contributed by atoms with Crippen molar-refractivity contribution in [3.8, 4) is 11.4 Å². The van der Waals surface area contributed by atoms with Gasteiger partial charge in [-0.05, 0) is 25.0 Å². The van der Waals surface area contributed by atoms with E-state index in [9.17, 15) is 9.59 Å². The van der Waals surface area contributed by atoms with Crippen molar-refractivity contribution in [2.24, 2.45) is 13.0 Å². The van der Waals surface area contributed by atoms with Gasteiger partial charge in [-0.15, -0.1) is 0 Å². The van der Waals surface area contributed by atoms with Crippen LogP contribution in [0.25, 0.3) is 11.4 Å². The van der Waals surface area contributed by atoms with Crippen molar-refractivity contribution >= 4 is 5.91 Å². The van der Waals surface area contributed by atoms with Crippen LogP contribution in [0.2, 0.25) is 0 Å². The van der Waals surface area contributed by atoms with Gasteiger partial charge >= 0.3 is 0 Å². The molecule has 1 N–H and O–H groups in total. The Hall–Kier alpha value is -3.19. The molecule has 1 amide bonds. The Morgan fingerprint density at radius 3 is 2.77 bits per heavy atom. The summed E-state index contributed by atoms with van der Waals surface area (Å²) in [5, 5.41) is 2.98. The number of aryl methyl sites for hydroxylation is 2. The van der Waals surface area contributed by atoms with E-state index in [0.29, 0.717) is 42.7 Å². The summed E-state index contributed by atoms with van der Waals surface area (Å²) in [6, 6.07) is 11.8. The van der Waals surface area contributed by atoms with E-state index in [1.54, 1.807) is 30.9 Å². The second kappa shape index (κ2) is 8.67. The number of nitrogens with one attached hydrogen (secondary N) is 1. The van der Waals surface area contributed by atoms with Crippen molar-refractivity contribution in [1.82, 2.24) is 19.4 Å². The van der Waals surface area contributed by atoms with Crippen LogP contribution in [0.4, 0.5) is 0 Å². The summed E-state index contributed by atoms with van der Waals surface area (Å²) in [6.45, 7) is 4.38. The molecule has 1 aromatic carbocycles. The minimum absolute atomic E-state index is 0.0448. The fourth-order valence-electron chi connectivity index (χ4n) is 3.73. The molecule has 2 aromatic heterocycles. The minimum atomic E-state index is -0.198. The average Bonchev–Trinajstić information content (AvgIpc) is 3.41. The lowest BCUT2D eigenvalue weighted by atomic mass is 10.1. The molecule has 1 aliphatic heterocycles. The fraction of sp³-hybridized carbons (Fsp3) is 0.348. The molecule has 1 aliphatic rings. The van der Waals surface area contributed by atoms with Gasteiger partial charge in [0, 0.05) is 56.2 Å². The van der Waals surface area contributed by atoms with Crippen LogP contribution in [0.5, 0.6) is 0 Å². The summed E-state index contributed by atoms with van der Waals surface area (Å²) in [5.74, 6) is 0.814. The molecule has 0 saturated carbocycles. The highest BCUT2D eigenvalue weighted by atomic mass is 16.5. The predicted molar refractivity (Wildman–Crippen MR) is 114 cm³/mol. The van der Waals surface area contributed by atoms with Crippen LogP contribution >= 0.6 is 0 Å². The van der Waals surface area contributed by atoms with Gasteiger partial charge in [0.1, 0.15) is 11.5 Å². The Balaban J connectivity index is 1.66. The number of benzene rings is 1. The number of amides is 1. The second-order valence-electron chi connectivity index (χ2n) is 7.83. The highest BCUT2D eigenvalue weighted by Crippen LogP contribution is 2.21. The number of carbonyl (C=O) groups is 1. The van der Waals surface area contributed by atoms with Crippen LogP contribution in [0.3, 0.4) is 0 Å². The zero-order valence-electron chi connectivity index (χ0n) is 17.3. The summed E-state index contributed by atoms with van der Waals surface area (Å²) < 4.78 is 8.88. The molecule has 30 heavy (non-hydrogen) atoms. The number of imidazole rings is 1. The first kappa shape index (κ1) is 20.1. The third kappa shape index (κ3) is 4.36. The first-order valence-corrected chi connectivity index (χ1v) is 10.2. The number of rotatable bonds is 6. The third-order valence-corrected chi connectivity index (χ3v) is 5.40. The first-order chi connectivity index (χ1) is 14.5. The van der Waals surface area contributed by atoms with Gasteiger partial charge in [-0.1, -0.05) is 30.3 Å². The number of hydrogen-bond donors (Lipinski definition) is 1. The average molecular weight is 406 g/mol. The van der Waals surface area contributed by atoms with E-state index >= 15 is 0 Å². The van der Waals surface area contributed by atoms with Gasteiger partial charge in [0.15, 0.2) is 0 Å². The Kier molecular flexibility index (Phi) is 5.81. The van der Waals surface area contributed by atoms with Crippen LogP contribution in [-0.4, -0.2) is 39.8 Å². The molecular formula is C23H26N4O3. The van der Waals surface area contributed by atoms with Crippen LogP contribution in [0.1, 0.15) is 28.0 Å². The van der Waals surface area contributed by atoms with E-state index in [0.717, 1.165) is 24.2 Å². The molecule has 1 atom stereocenters. The summed E-state index contributed by atoms with van der Waals surface area (Å²) in [5.41, 5.74) is 2.86. The van der Waals surface area contributed by atoms with Crippen molar-refractivity contribution in [1.29, 1.82) is 0 Å². The number of hydrogen-bond acceptors (Lipinski definition) is 4. The van der Waals surface area contributed by atoms with E-state index < -0.39 is 0 Å². The maximum atomic E-state index is 12.8. The lowest BCUT2D eigenvalue weighted by Gasteiger charge is -2.10. The van der Waals surface area contributed by atoms with Crippen molar-refractivity contribution in [3.63, 3.8) is 0 Å². The van der Waals surface area contributed by atoms with Gasteiger partial charge < -0.3 is 19.2 Å². The number of carbonyl (C=O) groups excluding carboxylic acids is 1. The SMILES string of the molecule is Cc1cc(-c2nc(C(=O)NCC3CCOC3)cn2Cc2ccccc2)cn(C)c1=O. The Bertz CT molecular complexity index is 1070. The molecule has 0 aliphatic carbocycles. The molecule has 0 spiro atoms. The molecule has 7 heteroatoms. The summed E-state index contributed by atoms with van der Waals surface area (Å²) in [7, 11) is 1.72. The largest absolute Gasteiger partial charge is 0.381 e. The number of pyridine rings is 1. The number of nitrogens with zero attached hydrogens (tertiary/aromatic N) is 3. The third-order valence-electron chi connectivity index (χ3n) is 5.40. The van der Waals surface area contributed by atoms with Gasteiger partial charge in [-0.25, -0.2) is 4.98 Å². The van der Waals surface area contributed by atoms with Gasteiger partial charge in [-0.2, -0.15) is 0 Å². The van der Waals surface area contributed by atoms with Crippen molar-refractivity contribution in [3.05, 3.63) is 76.0 Å². The zero-order chi connectivity index (χ0) is 21.1. The van der Waals surface area contributed by atoms with Crippen molar-refractivity contribution in [2.75, 3.05) is 19.8 Å². The molecule has 156 valence electrons. The molecule has 0 radical (unpaired) electrons. The van der Waals surface area contributed by atoms with Crippen LogP contribution in [-0.2, 0) is 18.3 Å². The normalized spacial score (nSPS) is 16.0. The maximum absolute atomic E-state index is 12.8. The maximum Gasteiger partial charge on any atom is 0.271 e. The lowest BCUT2D eigenvalue weighted by Crippen LogP contribution is -2.29. The quantitative estimate of drug-likeness (QED) is 0.682. The fourth-order valence-corrected chi connectivity index (χ4v) is 3.73. The number of ether oxygens (including phenoxy) is 1. The standard InChI is InChI=1S/C23H26N4O3/c1-16-10-19(13-26(2)23(16)29)21-25-20(22(28)24-11-18-8-9-30-15-18)14-27(21)12-17-6-4-3-5-7-17/h3-7,10,13-14,18H,8-9,11-12,15H2,1-2H3,(H,24,28). The number of aromatic nitrogens is 3. The Labute approximate surface area is 175 Å². The van der Waals surface area contributed by atoms with E-state index in [2.05, 4.69) is 10.3 Å². The highest BCUT2D eigenvalue weighted by molar-refractivity contribution is 5.92. The smallest absolute Gasteiger partial charge is 0.271 e. The molecule has 1 unspecified atom stereocenters. The van der Waals surface area contributed by atoms with E-state index in [1.807, 2.05) is 41.0 Å². The van der Waals surface area contributed by atoms with Gasteiger partial charge in [0.05, 0.1) is 6.61 Å². The summed E-state index contributed by atoms with van der Waals surface area (Å²) in [4.78, 5) is 29.5. The molecule has 0 bridgehead atoms. The molecular weight excluding hydrogens is 380 g/mol. The first-order valence-electron chi connectivity index (χ1n) is 10.2. The topological polar surface area (TPSA) is 78.2 Å². The van der Waals surface area contributed by atoms with Crippen LogP contribution < -0.4 is 10.9 Å². The monoisotopic (exact) mass is 406 g/mol. The van der Waals surface area contributed by atoms with E-state index in [1.165, 1.54) is 0 Å². The van der Waals surface area contributed by atoms with Gasteiger partial charge in [0.2, 0.25) is 0 Å². The summed E-state index contributed by atoms with van der Waals surface area (Å²) >= 11 is 0. The molecule has 7 nitrogen and oxygen atoms in total. The zero-order valence-corrected chi connectivity index (χ0v) is 17.3. The van der Waals surface area contributed by atoms with Gasteiger partial charge in [0.25, 0.3) is 11.5 Å². The second-order valence-corrected chi connectivity index (χ2v) is 7.83.